The molecule has 1 aromatic carbocycles. The van der Waals surface area contributed by atoms with Crippen LogP contribution in [0.2, 0.25) is 0 Å². The van der Waals surface area contributed by atoms with Crippen LogP contribution in [-0.2, 0) is 23.9 Å². The number of ether oxygens (including phenoxy) is 4. The Morgan fingerprint density at radius 2 is 1.84 bits per heavy atom. The van der Waals surface area contributed by atoms with Crippen molar-refractivity contribution in [1.29, 1.82) is 0 Å². The lowest BCUT2D eigenvalue weighted by atomic mass is 10.2. The van der Waals surface area contributed by atoms with E-state index in [4.69, 9.17) is 14.2 Å². The molecule has 0 saturated carbocycles. The molecule has 1 saturated heterocycles. The first kappa shape index (κ1) is 24.7. The molecule has 2 amide bonds. The number of imide groups is 1. The van der Waals surface area contributed by atoms with Gasteiger partial charge in [-0.3, -0.25) is 19.3 Å². The van der Waals surface area contributed by atoms with Crippen LogP contribution in [0.1, 0.15) is 26.3 Å². The Balaban J connectivity index is 2.22. The number of halogens is 1. The number of hydrogen-bond acceptors (Lipinski definition) is 9. The lowest BCUT2D eigenvalue weighted by Crippen LogP contribution is -2.37. The summed E-state index contributed by atoms with van der Waals surface area (Å²) in [7, 11) is 2.67. The van der Waals surface area contributed by atoms with Gasteiger partial charge in [0, 0.05) is 0 Å². The zero-order chi connectivity index (χ0) is 23.3. The minimum Gasteiger partial charge on any atom is -0.493 e. The average molecular weight is 516 g/mol. The summed E-state index contributed by atoms with van der Waals surface area (Å²) >= 11 is 4.06. The third-order valence-corrected chi connectivity index (χ3v) is 5.19. The lowest BCUT2D eigenvalue weighted by Gasteiger charge is -2.21. The molecule has 1 aromatic rings. The van der Waals surface area contributed by atoms with Gasteiger partial charge in [0.2, 0.25) is 0 Å². The van der Waals surface area contributed by atoms with Gasteiger partial charge in [-0.2, -0.15) is 0 Å². The molecule has 11 heteroatoms. The molecule has 1 heterocycles. The van der Waals surface area contributed by atoms with E-state index in [2.05, 4.69) is 20.7 Å². The second-order valence-corrected chi connectivity index (χ2v) is 9.10. The molecule has 0 aliphatic carbocycles. The standard InChI is InChI=1S/C20H22BrNO8S/c1-20(2,3)30-15(23)9-22-18(25)14(31-19(22)26)8-11-6-12(21)17(13(7-11)27-4)29-10-16(24)28-5/h6-8H,9-10H2,1-5H3. The van der Waals surface area contributed by atoms with Gasteiger partial charge < -0.3 is 18.9 Å². The molecule has 9 nitrogen and oxygen atoms in total. The molecule has 31 heavy (non-hydrogen) atoms. The van der Waals surface area contributed by atoms with Crippen molar-refractivity contribution >= 4 is 56.9 Å². The first-order valence-corrected chi connectivity index (χ1v) is 10.6. The molecule has 0 unspecified atom stereocenters. The molecule has 1 fully saturated rings. The molecule has 168 valence electrons. The first-order chi connectivity index (χ1) is 14.4. The molecule has 1 aliphatic rings. The SMILES string of the molecule is COC(=O)COc1c(Br)cc(C=C2SC(=O)N(CC(=O)OC(C)(C)C)C2=O)cc1OC. The molecule has 0 atom stereocenters. The summed E-state index contributed by atoms with van der Waals surface area (Å²) in [6.45, 7) is 4.31. The van der Waals surface area contributed by atoms with E-state index in [1.54, 1.807) is 32.9 Å². The van der Waals surface area contributed by atoms with Crippen LogP contribution in [0, 0.1) is 0 Å². The molecule has 0 bridgehead atoms. The normalized spacial score (nSPS) is 15.3. The summed E-state index contributed by atoms with van der Waals surface area (Å²) in [5, 5.41) is -0.564. The second kappa shape index (κ2) is 10.2. The smallest absolute Gasteiger partial charge is 0.343 e. The van der Waals surface area contributed by atoms with E-state index in [9.17, 15) is 19.2 Å². The fourth-order valence-corrected chi connectivity index (χ4v) is 3.86. The number of carbonyl (C=O) groups excluding carboxylic acids is 4. The predicted molar refractivity (Wildman–Crippen MR) is 117 cm³/mol. The van der Waals surface area contributed by atoms with Crippen molar-refractivity contribution in [1.82, 2.24) is 4.90 Å². The van der Waals surface area contributed by atoms with Gasteiger partial charge in [-0.15, -0.1) is 0 Å². The summed E-state index contributed by atoms with van der Waals surface area (Å²) in [5.74, 6) is -1.24. The van der Waals surface area contributed by atoms with Crippen molar-refractivity contribution in [3.05, 3.63) is 27.1 Å². The summed E-state index contributed by atoms with van der Waals surface area (Å²) in [6, 6.07) is 3.22. The highest BCUT2D eigenvalue weighted by Crippen LogP contribution is 2.39. The number of thioether (sulfide) groups is 1. The monoisotopic (exact) mass is 515 g/mol. The first-order valence-electron chi connectivity index (χ1n) is 8.99. The Hall–Kier alpha value is -2.53. The van der Waals surface area contributed by atoms with Gasteiger partial charge in [0.05, 0.1) is 23.6 Å². The Kier molecular flexibility index (Phi) is 8.13. The topological polar surface area (TPSA) is 108 Å². The van der Waals surface area contributed by atoms with E-state index in [-0.39, 0.29) is 17.3 Å². The fourth-order valence-electron chi connectivity index (χ4n) is 2.44. The van der Waals surface area contributed by atoms with Crippen LogP contribution < -0.4 is 9.47 Å². The minimum atomic E-state index is -0.727. The van der Waals surface area contributed by atoms with Crippen molar-refractivity contribution in [2.45, 2.75) is 26.4 Å². The van der Waals surface area contributed by atoms with E-state index in [0.717, 1.165) is 16.7 Å². The van der Waals surface area contributed by atoms with Crippen molar-refractivity contribution in [3.63, 3.8) is 0 Å². The van der Waals surface area contributed by atoms with Crippen molar-refractivity contribution in [2.24, 2.45) is 0 Å². The largest absolute Gasteiger partial charge is 0.493 e. The van der Waals surface area contributed by atoms with Crippen molar-refractivity contribution in [3.8, 4) is 11.5 Å². The number of methoxy groups -OCH3 is 2. The average Bonchev–Trinajstić information content (AvgIpc) is 2.92. The molecule has 0 N–H and O–H groups in total. The molecule has 0 aromatic heterocycles. The Labute approximate surface area is 192 Å². The summed E-state index contributed by atoms with van der Waals surface area (Å²) in [6.07, 6.45) is 1.50. The number of benzene rings is 1. The predicted octanol–water partition coefficient (Wildman–Crippen LogP) is 3.39. The van der Waals surface area contributed by atoms with Crippen molar-refractivity contribution < 1.29 is 38.1 Å². The summed E-state index contributed by atoms with van der Waals surface area (Å²) in [4.78, 5) is 49.2. The lowest BCUT2D eigenvalue weighted by molar-refractivity contribution is -0.156. The van der Waals surface area contributed by atoms with Gasteiger partial charge in [-0.1, -0.05) is 0 Å². The number of esters is 2. The maximum absolute atomic E-state index is 12.6. The number of carbonyl (C=O) groups is 4. The molecule has 2 rings (SSSR count). The van der Waals surface area contributed by atoms with Crippen LogP contribution in [0.15, 0.2) is 21.5 Å². The Morgan fingerprint density at radius 1 is 1.16 bits per heavy atom. The van der Waals surface area contributed by atoms with Gasteiger partial charge in [0.25, 0.3) is 11.1 Å². The van der Waals surface area contributed by atoms with E-state index in [0.29, 0.717) is 15.8 Å². The van der Waals surface area contributed by atoms with Gasteiger partial charge in [-0.25, -0.2) is 4.79 Å². The van der Waals surface area contributed by atoms with Gasteiger partial charge in [0.15, 0.2) is 18.1 Å². The van der Waals surface area contributed by atoms with E-state index in [1.165, 1.54) is 20.3 Å². The number of nitrogens with zero attached hydrogens (tertiary/aromatic N) is 1. The minimum absolute atomic E-state index is 0.144. The third-order valence-electron chi connectivity index (χ3n) is 3.69. The van der Waals surface area contributed by atoms with E-state index in [1.807, 2.05) is 0 Å². The highest BCUT2D eigenvalue weighted by Gasteiger charge is 2.37. The van der Waals surface area contributed by atoms with Crippen LogP contribution in [0.3, 0.4) is 0 Å². The maximum atomic E-state index is 12.6. The quantitative estimate of drug-likeness (QED) is 0.398. The van der Waals surface area contributed by atoms with Gasteiger partial charge in [-0.05, 0) is 72.2 Å². The maximum Gasteiger partial charge on any atom is 0.343 e. The number of rotatable bonds is 7. The highest BCUT2D eigenvalue weighted by molar-refractivity contribution is 9.10. The molecule has 0 spiro atoms. The van der Waals surface area contributed by atoms with Crippen LogP contribution in [0.5, 0.6) is 11.5 Å². The molecular weight excluding hydrogens is 494 g/mol. The van der Waals surface area contributed by atoms with Crippen LogP contribution in [0.4, 0.5) is 4.79 Å². The van der Waals surface area contributed by atoms with E-state index >= 15 is 0 Å². The van der Waals surface area contributed by atoms with Crippen molar-refractivity contribution in [2.75, 3.05) is 27.4 Å². The Morgan fingerprint density at radius 3 is 2.42 bits per heavy atom. The Bertz CT molecular complexity index is 938. The van der Waals surface area contributed by atoms with Gasteiger partial charge in [0.1, 0.15) is 12.1 Å². The second-order valence-electron chi connectivity index (χ2n) is 7.25. The van der Waals surface area contributed by atoms with Crippen LogP contribution in [-0.4, -0.2) is 61.0 Å². The fraction of sp³-hybridized carbons (Fsp3) is 0.400. The summed E-state index contributed by atoms with van der Waals surface area (Å²) < 4.78 is 20.9. The zero-order valence-corrected chi connectivity index (χ0v) is 20.0. The van der Waals surface area contributed by atoms with Crippen LogP contribution in [0.25, 0.3) is 6.08 Å². The third kappa shape index (κ3) is 6.73. The van der Waals surface area contributed by atoms with Crippen LogP contribution >= 0.6 is 27.7 Å². The van der Waals surface area contributed by atoms with E-state index < -0.39 is 35.2 Å². The number of amides is 2. The number of hydrogen-bond donors (Lipinski definition) is 0. The zero-order valence-electron chi connectivity index (χ0n) is 17.6. The van der Waals surface area contributed by atoms with Gasteiger partial charge >= 0.3 is 11.9 Å². The molecule has 0 radical (unpaired) electrons. The highest BCUT2D eigenvalue weighted by atomic mass is 79.9. The molecule has 1 aliphatic heterocycles. The summed E-state index contributed by atoms with van der Waals surface area (Å²) in [5.41, 5.74) is -0.188. The molecular formula is C20H22BrNO8S.